The number of nitrogens with zero attached hydrogens (tertiary/aromatic N) is 1. The summed E-state index contributed by atoms with van der Waals surface area (Å²) in [5.41, 5.74) is 0.284. The second-order valence-electron chi connectivity index (χ2n) is 6.97. The Kier molecular flexibility index (Phi) is 4.30. The predicted octanol–water partition coefficient (Wildman–Crippen LogP) is 2.00. The highest BCUT2D eigenvalue weighted by atomic mass is 32.2. The van der Waals surface area contributed by atoms with Crippen molar-refractivity contribution in [2.24, 2.45) is 5.92 Å². The van der Waals surface area contributed by atoms with Crippen LogP contribution >= 0.6 is 0 Å². The van der Waals surface area contributed by atoms with Crippen LogP contribution in [0.15, 0.2) is 52.3 Å². The maximum absolute atomic E-state index is 13.0. The third-order valence-corrected chi connectivity index (χ3v) is 7.09. The molecular weight excluding hydrogens is 382 g/mol. The number of fused-ring (bicyclic) bond motifs is 2. The molecule has 144 valence electrons. The molecule has 1 fully saturated rings. The van der Waals surface area contributed by atoms with Crippen LogP contribution in [0.3, 0.4) is 0 Å². The third-order valence-electron chi connectivity index (χ3n) is 5.24. The van der Waals surface area contributed by atoms with Crippen LogP contribution in [-0.2, 0) is 14.6 Å². The van der Waals surface area contributed by atoms with Gasteiger partial charge >= 0.3 is 5.97 Å². The molecule has 0 saturated carbocycles. The second-order valence-corrected chi connectivity index (χ2v) is 8.85. The summed E-state index contributed by atoms with van der Waals surface area (Å²) < 4.78 is 26.0. The lowest BCUT2D eigenvalue weighted by Crippen LogP contribution is -2.42. The van der Waals surface area contributed by atoms with Gasteiger partial charge in [-0.1, -0.05) is 12.1 Å². The van der Waals surface area contributed by atoms with Crippen LogP contribution in [0.5, 0.6) is 0 Å². The van der Waals surface area contributed by atoms with Crippen molar-refractivity contribution in [3.05, 3.63) is 59.2 Å². The highest BCUT2D eigenvalue weighted by molar-refractivity contribution is 7.91. The topological polar surface area (TPSA) is 109 Å². The van der Waals surface area contributed by atoms with E-state index < -0.39 is 33.4 Å². The van der Waals surface area contributed by atoms with Crippen molar-refractivity contribution in [3.63, 3.8) is 0 Å². The van der Waals surface area contributed by atoms with Gasteiger partial charge in [-0.2, -0.15) is 0 Å². The van der Waals surface area contributed by atoms with E-state index in [4.69, 9.17) is 0 Å². The van der Waals surface area contributed by atoms with E-state index in [0.717, 1.165) is 0 Å². The SMILES string of the molecule is O=C1c2ccccc2S(=O)(=O)c2cc(C(=O)N3CCCC(C(=O)O)C3)ccc21. The van der Waals surface area contributed by atoms with E-state index in [1.807, 2.05) is 0 Å². The number of amides is 1. The molecule has 1 amide bonds. The Balaban J connectivity index is 1.73. The van der Waals surface area contributed by atoms with Gasteiger partial charge in [-0.15, -0.1) is 0 Å². The first-order valence-corrected chi connectivity index (χ1v) is 10.3. The molecule has 2 aliphatic heterocycles. The molecule has 1 atom stereocenters. The van der Waals surface area contributed by atoms with Gasteiger partial charge in [0.2, 0.25) is 9.84 Å². The average Bonchev–Trinajstić information content (AvgIpc) is 2.71. The van der Waals surface area contributed by atoms with Gasteiger partial charge in [-0.05, 0) is 43.2 Å². The van der Waals surface area contributed by atoms with Crippen molar-refractivity contribution in [1.82, 2.24) is 4.90 Å². The lowest BCUT2D eigenvalue weighted by atomic mass is 9.97. The quantitative estimate of drug-likeness (QED) is 0.706. The number of hydrogen-bond donors (Lipinski definition) is 1. The Labute approximate surface area is 161 Å². The van der Waals surface area contributed by atoms with Gasteiger partial charge in [0.1, 0.15) is 0 Å². The molecule has 1 unspecified atom stereocenters. The van der Waals surface area contributed by atoms with E-state index in [1.165, 1.54) is 35.2 Å². The van der Waals surface area contributed by atoms with Crippen molar-refractivity contribution >= 4 is 27.5 Å². The van der Waals surface area contributed by atoms with Gasteiger partial charge in [0, 0.05) is 29.8 Å². The summed E-state index contributed by atoms with van der Waals surface area (Å²) >= 11 is 0. The Morgan fingerprint density at radius 3 is 2.50 bits per heavy atom. The molecule has 0 bridgehead atoms. The van der Waals surface area contributed by atoms with Gasteiger partial charge in [-0.3, -0.25) is 14.4 Å². The van der Waals surface area contributed by atoms with E-state index in [-0.39, 0.29) is 33.0 Å². The zero-order valence-electron chi connectivity index (χ0n) is 14.8. The summed E-state index contributed by atoms with van der Waals surface area (Å²) in [5.74, 6) is -2.42. The number of hydrogen-bond acceptors (Lipinski definition) is 5. The molecule has 4 rings (SSSR count). The lowest BCUT2D eigenvalue weighted by molar-refractivity contribution is -0.143. The predicted molar refractivity (Wildman–Crippen MR) is 98.0 cm³/mol. The molecule has 2 aromatic carbocycles. The van der Waals surface area contributed by atoms with Gasteiger partial charge in [0.25, 0.3) is 5.91 Å². The number of carboxylic acid groups (broad SMARTS) is 1. The number of ketones is 1. The van der Waals surface area contributed by atoms with E-state index in [9.17, 15) is 27.9 Å². The number of likely N-dealkylation sites (tertiary alicyclic amines) is 1. The van der Waals surface area contributed by atoms with E-state index in [0.29, 0.717) is 19.4 Å². The van der Waals surface area contributed by atoms with Gasteiger partial charge < -0.3 is 10.0 Å². The smallest absolute Gasteiger partial charge is 0.308 e. The number of benzene rings is 2. The van der Waals surface area contributed by atoms with Crippen LogP contribution in [0.4, 0.5) is 0 Å². The Hall–Kier alpha value is -3.00. The van der Waals surface area contributed by atoms with Crippen LogP contribution in [0, 0.1) is 5.92 Å². The van der Waals surface area contributed by atoms with Crippen LogP contribution in [0.25, 0.3) is 0 Å². The highest BCUT2D eigenvalue weighted by Gasteiger charge is 2.36. The Bertz CT molecular complexity index is 1120. The van der Waals surface area contributed by atoms with Crippen molar-refractivity contribution in [3.8, 4) is 0 Å². The van der Waals surface area contributed by atoms with E-state index >= 15 is 0 Å². The zero-order chi connectivity index (χ0) is 20.1. The van der Waals surface area contributed by atoms with Gasteiger partial charge in [-0.25, -0.2) is 8.42 Å². The minimum absolute atomic E-state index is 0.0392. The molecule has 7 nitrogen and oxygen atoms in total. The molecule has 1 N–H and O–H groups in total. The lowest BCUT2D eigenvalue weighted by Gasteiger charge is -2.31. The van der Waals surface area contributed by atoms with Gasteiger partial charge in [0.05, 0.1) is 15.7 Å². The summed E-state index contributed by atoms with van der Waals surface area (Å²) in [6, 6.07) is 10.0. The molecular formula is C20H17NO6S. The van der Waals surface area contributed by atoms with Crippen LogP contribution in [0.2, 0.25) is 0 Å². The Morgan fingerprint density at radius 1 is 1.04 bits per heavy atom. The maximum atomic E-state index is 13.0. The number of piperidine rings is 1. The summed E-state index contributed by atoms with van der Waals surface area (Å²) in [6.07, 6.45) is 1.07. The number of aliphatic carboxylic acids is 1. The van der Waals surface area contributed by atoms with Crippen molar-refractivity contribution in [2.45, 2.75) is 22.6 Å². The normalized spacial score (nSPS) is 20.2. The van der Waals surface area contributed by atoms with E-state index in [2.05, 4.69) is 0 Å². The first kappa shape index (κ1) is 18.4. The van der Waals surface area contributed by atoms with Gasteiger partial charge in [0.15, 0.2) is 5.78 Å². The largest absolute Gasteiger partial charge is 0.481 e. The number of rotatable bonds is 2. The second kappa shape index (κ2) is 6.56. The van der Waals surface area contributed by atoms with Crippen molar-refractivity contribution in [2.75, 3.05) is 13.1 Å². The number of carbonyl (C=O) groups excluding carboxylic acids is 2. The molecule has 2 heterocycles. The fourth-order valence-corrected chi connectivity index (χ4v) is 5.44. The number of carboxylic acids is 1. The minimum atomic E-state index is -3.93. The van der Waals surface area contributed by atoms with E-state index in [1.54, 1.807) is 12.1 Å². The number of sulfone groups is 1. The van der Waals surface area contributed by atoms with Crippen LogP contribution < -0.4 is 0 Å². The summed E-state index contributed by atoms with van der Waals surface area (Å²) in [6.45, 7) is 0.494. The van der Waals surface area contributed by atoms with Crippen LogP contribution in [-0.4, -0.2) is 49.2 Å². The number of carbonyl (C=O) groups is 3. The molecule has 0 spiro atoms. The fourth-order valence-electron chi connectivity index (χ4n) is 3.76. The molecule has 1 saturated heterocycles. The Morgan fingerprint density at radius 2 is 1.75 bits per heavy atom. The maximum Gasteiger partial charge on any atom is 0.308 e. The molecule has 0 aliphatic carbocycles. The molecule has 0 aromatic heterocycles. The summed E-state index contributed by atoms with van der Waals surface area (Å²) in [5, 5.41) is 9.20. The fraction of sp³-hybridized carbons (Fsp3) is 0.250. The molecule has 2 aliphatic rings. The van der Waals surface area contributed by atoms with Crippen LogP contribution in [0.1, 0.15) is 39.1 Å². The third kappa shape index (κ3) is 2.80. The molecule has 0 radical (unpaired) electrons. The first-order valence-electron chi connectivity index (χ1n) is 8.85. The average molecular weight is 399 g/mol. The molecule has 2 aromatic rings. The zero-order valence-corrected chi connectivity index (χ0v) is 15.6. The first-order chi connectivity index (χ1) is 13.3. The summed E-state index contributed by atoms with van der Waals surface area (Å²) in [4.78, 5) is 37.9. The summed E-state index contributed by atoms with van der Waals surface area (Å²) in [7, 11) is -3.93. The monoisotopic (exact) mass is 399 g/mol. The standard InChI is InChI=1S/C20H17NO6S/c22-18-14-5-1-2-6-16(14)28(26,27)17-10-12(7-8-15(17)18)19(23)21-9-3-4-13(11-21)20(24)25/h1-2,5-8,10,13H,3-4,9,11H2,(H,24,25). The minimum Gasteiger partial charge on any atom is -0.481 e. The highest BCUT2D eigenvalue weighted by Crippen LogP contribution is 2.35. The molecule has 8 heteroatoms. The molecule has 28 heavy (non-hydrogen) atoms. The van der Waals surface area contributed by atoms with Crippen molar-refractivity contribution in [1.29, 1.82) is 0 Å². The van der Waals surface area contributed by atoms with Crippen molar-refractivity contribution < 1.29 is 27.9 Å².